The minimum absolute atomic E-state index is 0.0644. The summed E-state index contributed by atoms with van der Waals surface area (Å²) in [5, 5.41) is 3.94. The van der Waals surface area contributed by atoms with Gasteiger partial charge >= 0.3 is 0 Å². The number of nitrogens with one attached hydrogen (secondary N) is 1. The summed E-state index contributed by atoms with van der Waals surface area (Å²) in [6.07, 6.45) is 0.407. The highest BCUT2D eigenvalue weighted by molar-refractivity contribution is 6.31. The van der Waals surface area contributed by atoms with Crippen molar-refractivity contribution in [3.05, 3.63) is 39.4 Å². The van der Waals surface area contributed by atoms with Crippen molar-refractivity contribution in [2.75, 3.05) is 0 Å². The Hall–Kier alpha value is -1.88. The van der Waals surface area contributed by atoms with Crippen molar-refractivity contribution in [1.29, 1.82) is 0 Å². The van der Waals surface area contributed by atoms with Crippen LogP contribution in [0.2, 0.25) is 5.02 Å². The Morgan fingerprint density at radius 1 is 1.39 bits per heavy atom. The molecule has 124 valence electrons. The van der Waals surface area contributed by atoms with Crippen LogP contribution in [0, 0.1) is 5.41 Å². The average molecular weight is 336 g/mol. The zero-order valence-electron chi connectivity index (χ0n) is 14.1. The van der Waals surface area contributed by atoms with E-state index in [1.807, 2.05) is 27.7 Å². The number of rotatable bonds is 3. The molecule has 2 aromatic rings. The van der Waals surface area contributed by atoms with Crippen LogP contribution in [-0.2, 0) is 11.8 Å². The van der Waals surface area contributed by atoms with Crippen LogP contribution < -0.4 is 10.9 Å². The predicted molar refractivity (Wildman–Crippen MR) is 92.6 cm³/mol. The Morgan fingerprint density at radius 2 is 2.04 bits per heavy atom. The summed E-state index contributed by atoms with van der Waals surface area (Å²) in [6.45, 7) is 7.83. The Labute approximate surface area is 140 Å². The van der Waals surface area contributed by atoms with E-state index < -0.39 is 0 Å². The number of halogens is 1. The summed E-state index contributed by atoms with van der Waals surface area (Å²) in [7, 11) is 1.66. The molecule has 0 aliphatic rings. The van der Waals surface area contributed by atoms with Crippen molar-refractivity contribution in [3.63, 3.8) is 0 Å². The molecule has 1 amide bonds. The molecule has 23 heavy (non-hydrogen) atoms. The summed E-state index contributed by atoms with van der Waals surface area (Å²) >= 11 is 5.98. The molecule has 5 nitrogen and oxygen atoms in total. The quantitative estimate of drug-likeness (QED) is 0.936. The molecule has 2 rings (SSSR count). The standard InChI is InChI=1S/C17H22ClN3O2/c1-10(19-14(22)9-17(2,3)4)15-20-13-8-11(18)6-7-12(13)16(23)21(15)5/h6-8,10H,9H2,1-5H3,(H,19,22). The van der Waals surface area contributed by atoms with E-state index in [1.165, 1.54) is 4.57 Å². The highest BCUT2D eigenvalue weighted by atomic mass is 35.5. The summed E-state index contributed by atoms with van der Waals surface area (Å²) < 4.78 is 1.47. The predicted octanol–water partition coefficient (Wildman–Crippen LogP) is 3.20. The van der Waals surface area contributed by atoms with Gasteiger partial charge in [-0.3, -0.25) is 14.2 Å². The molecule has 1 aromatic carbocycles. The van der Waals surface area contributed by atoms with Crippen LogP contribution in [0.4, 0.5) is 0 Å². The van der Waals surface area contributed by atoms with Gasteiger partial charge in [-0.25, -0.2) is 4.98 Å². The maximum atomic E-state index is 12.4. The molecule has 0 fully saturated rings. The lowest BCUT2D eigenvalue weighted by molar-refractivity contribution is -0.123. The van der Waals surface area contributed by atoms with Crippen molar-refractivity contribution in [1.82, 2.24) is 14.9 Å². The third kappa shape index (κ3) is 4.10. The molecule has 1 atom stereocenters. The molecule has 0 bridgehead atoms. The molecular weight excluding hydrogens is 314 g/mol. The Kier molecular flexibility index (Phi) is 4.80. The molecule has 1 unspecified atom stereocenters. The van der Waals surface area contributed by atoms with E-state index in [9.17, 15) is 9.59 Å². The molecule has 0 radical (unpaired) electrons. The van der Waals surface area contributed by atoms with Crippen LogP contribution in [0.25, 0.3) is 10.9 Å². The SMILES string of the molecule is CC(NC(=O)CC(C)(C)C)c1nc2cc(Cl)ccc2c(=O)n1C. The minimum atomic E-state index is -0.370. The number of hydrogen-bond acceptors (Lipinski definition) is 3. The van der Waals surface area contributed by atoms with E-state index in [1.54, 1.807) is 25.2 Å². The van der Waals surface area contributed by atoms with Gasteiger partial charge in [0.15, 0.2) is 0 Å². The number of amides is 1. The maximum Gasteiger partial charge on any atom is 0.261 e. The van der Waals surface area contributed by atoms with Gasteiger partial charge in [0.2, 0.25) is 5.91 Å². The van der Waals surface area contributed by atoms with Gasteiger partial charge in [-0.05, 0) is 30.5 Å². The van der Waals surface area contributed by atoms with E-state index in [2.05, 4.69) is 10.3 Å². The Balaban J connectivity index is 2.37. The molecule has 1 aromatic heterocycles. The number of carbonyl (C=O) groups excluding carboxylic acids is 1. The smallest absolute Gasteiger partial charge is 0.261 e. The molecule has 0 aliphatic heterocycles. The number of aromatic nitrogens is 2. The summed E-state index contributed by atoms with van der Waals surface area (Å²) in [5.41, 5.74) is 0.283. The molecule has 1 N–H and O–H groups in total. The molecule has 6 heteroatoms. The van der Waals surface area contributed by atoms with E-state index in [-0.39, 0.29) is 22.9 Å². The Morgan fingerprint density at radius 3 is 2.65 bits per heavy atom. The van der Waals surface area contributed by atoms with Gasteiger partial charge in [-0.15, -0.1) is 0 Å². The van der Waals surface area contributed by atoms with Gasteiger partial charge in [0.1, 0.15) is 5.82 Å². The zero-order valence-corrected chi connectivity index (χ0v) is 14.9. The van der Waals surface area contributed by atoms with Crippen LogP contribution in [0.1, 0.15) is 46.0 Å². The third-order valence-electron chi connectivity index (χ3n) is 3.53. The first-order chi connectivity index (χ1) is 10.6. The van der Waals surface area contributed by atoms with E-state index in [4.69, 9.17) is 11.6 Å². The molecular formula is C17H22ClN3O2. The fourth-order valence-corrected chi connectivity index (χ4v) is 2.65. The third-order valence-corrected chi connectivity index (χ3v) is 3.76. The van der Waals surface area contributed by atoms with Crippen LogP contribution in [0.15, 0.2) is 23.0 Å². The second-order valence-electron chi connectivity index (χ2n) is 7.02. The number of fused-ring (bicyclic) bond motifs is 1. The van der Waals surface area contributed by atoms with Crippen LogP contribution in [0.3, 0.4) is 0 Å². The number of hydrogen-bond donors (Lipinski definition) is 1. The second-order valence-corrected chi connectivity index (χ2v) is 7.46. The fraction of sp³-hybridized carbons (Fsp3) is 0.471. The van der Waals surface area contributed by atoms with E-state index >= 15 is 0 Å². The zero-order chi connectivity index (χ0) is 17.4. The van der Waals surface area contributed by atoms with Crippen molar-refractivity contribution < 1.29 is 4.79 Å². The number of carbonyl (C=O) groups is 1. The van der Waals surface area contributed by atoms with E-state index in [0.29, 0.717) is 28.2 Å². The van der Waals surface area contributed by atoms with Gasteiger partial charge in [-0.1, -0.05) is 32.4 Å². The van der Waals surface area contributed by atoms with Crippen molar-refractivity contribution in [2.45, 2.75) is 40.2 Å². The lowest BCUT2D eigenvalue weighted by atomic mass is 9.92. The molecule has 0 spiro atoms. The molecule has 1 heterocycles. The van der Waals surface area contributed by atoms with Crippen LogP contribution in [-0.4, -0.2) is 15.5 Å². The first-order valence-electron chi connectivity index (χ1n) is 7.54. The fourth-order valence-electron chi connectivity index (χ4n) is 2.49. The summed E-state index contributed by atoms with van der Waals surface area (Å²) in [6, 6.07) is 4.62. The highest BCUT2D eigenvalue weighted by Gasteiger charge is 2.20. The molecule has 0 aliphatic carbocycles. The monoisotopic (exact) mass is 335 g/mol. The molecule has 0 saturated heterocycles. The summed E-state index contributed by atoms with van der Waals surface area (Å²) in [4.78, 5) is 29.1. The number of benzene rings is 1. The van der Waals surface area contributed by atoms with E-state index in [0.717, 1.165) is 0 Å². The topological polar surface area (TPSA) is 64.0 Å². The average Bonchev–Trinajstić information content (AvgIpc) is 2.40. The van der Waals surface area contributed by atoms with Crippen LogP contribution in [0.5, 0.6) is 0 Å². The van der Waals surface area contributed by atoms with Crippen LogP contribution >= 0.6 is 11.6 Å². The van der Waals surface area contributed by atoms with Gasteiger partial charge in [0, 0.05) is 18.5 Å². The Bertz CT molecular complexity index is 806. The maximum absolute atomic E-state index is 12.4. The van der Waals surface area contributed by atoms with Gasteiger partial charge in [0.25, 0.3) is 5.56 Å². The van der Waals surface area contributed by atoms with Gasteiger partial charge < -0.3 is 5.32 Å². The first-order valence-corrected chi connectivity index (χ1v) is 7.92. The van der Waals surface area contributed by atoms with Gasteiger partial charge in [0.05, 0.1) is 16.9 Å². The minimum Gasteiger partial charge on any atom is -0.346 e. The van der Waals surface area contributed by atoms with Crippen molar-refractivity contribution in [2.24, 2.45) is 12.5 Å². The largest absolute Gasteiger partial charge is 0.346 e. The lowest BCUT2D eigenvalue weighted by Crippen LogP contribution is -2.34. The van der Waals surface area contributed by atoms with Crippen molar-refractivity contribution >= 4 is 28.4 Å². The van der Waals surface area contributed by atoms with Gasteiger partial charge in [-0.2, -0.15) is 0 Å². The molecule has 0 saturated carbocycles. The second kappa shape index (κ2) is 6.32. The number of nitrogens with zero attached hydrogens (tertiary/aromatic N) is 2. The highest BCUT2D eigenvalue weighted by Crippen LogP contribution is 2.20. The normalized spacial score (nSPS) is 13.1. The first kappa shape index (κ1) is 17.5. The lowest BCUT2D eigenvalue weighted by Gasteiger charge is -2.21. The van der Waals surface area contributed by atoms with Crippen molar-refractivity contribution in [3.8, 4) is 0 Å². The summed E-state index contributed by atoms with van der Waals surface area (Å²) in [5.74, 6) is 0.442.